The fourth-order valence-electron chi connectivity index (χ4n) is 1.77. The van der Waals surface area contributed by atoms with Gasteiger partial charge >= 0.3 is 0 Å². The maximum atomic E-state index is 5.42. The summed E-state index contributed by atoms with van der Waals surface area (Å²) in [5.74, 6) is 0. The van der Waals surface area contributed by atoms with Gasteiger partial charge in [-0.05, 0) is 24.3 Å². The van der Waals surface area contributed by atoms with Crippen molar-refractivity contribution in [3.05, 3.63) is 40.5 Å². The molecule has 1 saturated heterocycles. The molecular weight excluding hydrogens is 270 g/mol. The molecule has 2 heterocycles. The molecule has 4 heteroatoms. The van der Waals surface area contributed by atoms with E-state index in [1.807, 2.05) is 30.3 Å². The van der Waals surface area contributed by atoms with Crippen molar-refractivity contribution in [1.82, 2.24) is 4.98 Å². The molecule has 3 nitrogen and oxygen atoms in total. The number of benzene rings is 1. The predicted octanol–water partition coefficient (Wildman–Crippen LogP) is 3.04. The van der Waals surface area contributed by atoms with Crippen molar-refractivity contribution in [3.8, 4) is 0 Å². The molecule has 1 aliphatic heterocycles. The maximum absolute atomic E-state index is 5.42. The molecule has 1 aromatic heterocycles. The lowest BCUT2D eigenvalue weighted by molar-refractivity contribution is -0.0470. The van der Waals surface area contributed by atoms with Crippen LogP contribution in [0.5, 0.6) is 0 Å². The van der Waals surface area contributed by atoms with Crippen LogP contribution in [0.1, 0.15) is 12.0 Å². The minimum absolute atomic E-state index is 0.298. The van der Waals surface area contributed by atoms with Gasteiger partial charge in [0.2, 0.25) is 6.29 Å². The molecule has 0 saturated carbocycles. The number of fused-ring (bicyclic) bond motifs is 1. The second-order valence-electron chi connectivity index (χ2n) is 3.65. The molecule has 0 bridgehead atoms. The topological polar surface area (TPSA) is 31.4 Å². The zero-order valence-corrected chi connectivity index (χ0v) is 10.1. The summed E-state index contributed by atoms with van der Waals surface area (Å²) in [6.07, 6.45) is -0.298. The average molecular weight is 280 g/mol. The number of rotatable bonds is 1. The van der Waals surface area contributed by atoms with Gasteiger partial charge in [-0.2, -0.15) is 0 Å². The van der Waals surface area contributed by atoms with Crippen molar-refractivity contribution >= 4 is 26.8 Å². The molecule has 3 rings (SSSR count). The molecule has 1 fully saturated rings. The number of aromatic nitrogens is 1. The lowest BCUT2D eigenvalue weighted by Gasteiger charge is -2.09. The Morgan fingerprint density at radius 1 is 1.12 bits per heavy atom. The molecule has 0 aliphatic carbocycles. The van der Waals surface area contributed by atoms with E-state index >= 15 is 0 Å². The number of ether oxygens (including phenoxy) is 2. The number of hydrogen-bond donors (Lipinski definition) is 0. The highest BCUT2D eigenvalue weighted by molar-refractivity contribution is 9.10. The molecular formula is C12H10BrNO2. The van der Waals surface area contributed by atoms with Gasteiger partial charge in [-0.1, -0.05) is 22.0 Å². The molecule has 1 aromatic carbocycles. The Labute approximate surface area is 102 Å². The molecule has 2 aromatic rings. The Kier molecular flexibility index (Phi) is 2.63. The van der Waals surface area contributed by atoms with Gasteiger partial charge in [0, 0.05) is 9.86 Å². The van der Waals surface area contributed by atoms with Crippen LogP contribution in [0.4, 0.5) is 0 Å². The second kappa shape index (κ2) is 4.13. The van der Waals surface area contributed by atoms with E-state index in [1.54, 1.807) is 0 Å². The van der Waals surface area contributed by atoms with Gasteiger partial charge in [0.1, 0.15) is 0 Å². The van der Waals surface area contributed by atoms with Gasteiger partial charge in [-0.25, -0.2) is 4.98 Å². The normalized spacial score (nSPS) is 17.1. The molecule has 82 valence electrons. The molecule has 0 atom stereocenters. The summed E-state index contributed by atoms with van der Waals surface area (Å²) in [4.78, 5) is 4.53. The van der Waals surface area contributed by atoms with Crippen LogP contribution in [-0.2, 0) is 9.47 Å². The molecule has 0 amide bonds. The highest BCUT2D eigenvalue weighted by Crippen LogP contribution is 2.25. The summed E-state index contributed by atoms with van der Waals surface area (Å²) >= 11 is 3.44. The summed E-state index contributed by atoms with van der Waals surface area (Å²) in [7, 11) is 0. The van der Waals surface area contributed by atoms with E-state index in [1.165, 1.54) is 0 Å². The number of pyridine rings is 1. The first kappa shape index (κ1) is 10.2. The first-order valence-electron chi connectivity index (χ1n) is 5.12. The van der Waals surface area contributed by atoms with Crippen molar-refractivity contribution in [3.63, 3.8) is 0 Å². The molecule has 1 aliphatic rings. The van der Waals surface area contributed by atoms with Gasteiger partial charge in [-0.15, -0.1) is 0 Å². The van der Waals surface area contributed by atoms with Gasteiger partial charge < -0.3 is 9.47 Å². The lowest BCUT2D eigenvalue weighted by Crippen LogP contribution is -2.00. The van der Waals surface area contributed by atoms with Gasteiger partial charge in [0.15, 0.2) is 0 Å². The molecule has 0 radical (unpaired) electrons. The molecule has 16 heavy (non-hydrogen) atoms. The third-order valence-corrected chi connectivity index (χ3v) is 3.03. The predicted molar refractivity (Wildman–Crippen MR) is 64.1 cm³/mol. The van der Waals surface area contributed by atoms with E-state index in [-0.39, 0.29) is 6.29 Å². The van der Waals surface area contributed by atoms with Crippen molar-refractivity contribution in [1.29, 1.82) is 0 Å². The Morgan fingerprint density at radius 2 is 1.94 bits per heavy atom. The first-order chi connectivity index (χ1) is 7.83. The number of halogens is 1. The van der Waals surface area contributed by atoms with Crippen molar-refractivity contribution in [2.45, 2.75) is 6.29 Å². The van der Waals surface area contributed by atoms with E-state index in [4.69, 9.17) is 9.47 Å². The van der Waals surface area contributed by atoms with Gasteiger partial charge in [0.05, 0.1) is 24.4 Å². The zero-order valence-electron chi connectivity index (χ0n) is 8.52. The zero-order chi connectivity index (χ0) is 11.0. The highest BCUT2D eigenvalue weighted by Gasteiger charge is 2.19. The monoisotopic (exact) mass is 279 g/mol. The Morgan fingerprint density at radius 3 is 2.75 bits per heavy atom. The maximum Gasteiger partial charge on any atom is 0.201 e. The van der Waals surface area contributed by atoms with E-state index in [0.29, 0.717) is 13.2 Å². The molecule has 0 N–H and O–H groups in total. The van der Waals surface area contributed by atoms with Crippen molar-refractivity contribution in [2.24, 2.45) is 0 Å². The van der Waals surface area contributed by atoms with Crippen LogP contribution in [0.25, 0.3) is 10.9 Å². The van der Waals surface area contributed by atoms with Crippen LogP contribution in [0.15, 0.2) is 34.8 Å². The smallest absolute Gasteiger partial charge is 0.201 e. The second-order valence-corrected chi connectivity index (χ2v) is 4.56. The Bertz CT molecular complexity index is 523. The summed E-state index contributed by atoms with van der Waals surface area (Å²) in [5.41, 5.74) is 1.80. The van der Waals surface area contributed by atoms with Crippen LogP contribution < -0.4 is 0 Å². The number of hydrogen-bond acceptors (Lipinski definition) is 3. The standard InChI is InChI=1S/C12H10BrNO2/c13-9-2-4-10-8(7-9)1-3-11(14-10)12-15-5-6-16-12/h1-4,7,12H,5-6H2. The summed E-state index contributed by atoms with van der Waals surface area (Å²) in [5, 5.41) is 1.11. The fourth-order valence-corrected chi connectivity index (χ4v) is 2.15. The Hall–Kier alpha value is -0.970. The van der Waals surface area contributed by atoms with E-state index in [2.05, 4.69) is 20.9 Å². The third-order valence-electron chi connectivity index (χ3n) is 2.54. The number of nitrogens with zero attached hydrogens (tertiary/aromatic N) is 1. The van der Waals surface area contributed by atoms with E-state index in [0.717, 1.165) is 21.1 Å². The van der Waals surface area contributed by atoms with E-state index < -0.39 is 0 Å². The summed E-state index contributed by atoms with van der Waals surface area (Å²) < 4.78 is 11.9. The van der Waals surface area contributed by atoms with Crippen molar-refractivity contribution < 1.29 is 9.47 Å². The third kappa shape index (κ3) is 1.84. The molecule has 0 unspecified atom stereocenters. The minimum atomic E-state index is -0.298. The Balaban J connectivity index is 2.05. The van der Waals surface area contributed by atoms with Crippen molar-refractivity contribution in [2.75, 3.05) is 13.2 Å². The highest BCUT2D eigenvalue weighted by atomic mass is 79.9. The van der Waals surface area contributed by atoms with Crippen LogP contribution in [0.2, 0.25) is 0 Å². The fraction of sp³-hybridized carbons (Fsp3) is 0.250. The van der Waals surface area contributed by atoms with Gasteiger partial charge in [0.25, 0.3) is 0 Å². The molecule has 0 spiro atoms. The van der Waals surface area contributed by atoms with E-state index in [9.17, 15) is 0 Å². The van der Waals surface area contributed by atoms with Crippen LogP contribution in [-0.4, -0.2) is 18.2 Å². The van der Waals surface area contributed by atoms with Crippen LogP contribution in [0.3, 0.4) is 0 Å². The lowest BCUT2D eigenvalue weighted by atomic mass is 10.2. The minimum Gasteiger partial charge on any atom is -0.345 e. The SMILES string of the molecule is Brc1ccc2nc(C3OCCO3)ccc2c1. The quantitative estimate of drug-likeness (QED) is 0.804. The first-order valence-corrected chi connectivity index (χ1v) is 5.92. The average Bonchev–Trinajstić information content (AvgIpc) is 2.82. The summed E-state index contributed by atoms with van der Waals surface area (Å²) in [6.45, 7) is 1.29. The van der Waals surface area contributed by atoms with Crippen LogP contribution in [0, 0.1) is 0 Å². The van der Waals surface area contributed by atoms with Crippen LogP contribution >= 0.6 is 15.9 Å². The largest absolute Gasteiger partial charge is 0.345 e. The van der Waals surface area contributed by atoms with Gasteiger partial charge in [-0.3, -0.25) is 0 Å². The summed E-state index contributed by atoms with van der Waals surface area (Å²) in [6, 6.07) is 9.99.